The van der Waals surface area contributed by atoms with Crippen LogP contribution in [-0.2, 0) is 11.2 Å². The van der Waals surface area contributed by atoms with E-state index in [1.165, 1.54) is 0 Å². The predicted molar refractivity (Wildman–Crippen MR) is 123 cm³/mol. The Morgan fingerprint density at radius 2 is 1.65 bits per heavy atom. The van der Waals surface area contributed by atoms with Crippen LogP contribution >= 0.6 is 0 Å². The second-order valence-electron chi connectivity index (χ2n) is 9.48. The van der Waals surface area contributed by atoms with Gasteiger partial charge in [-0.2, -0.15) is 5.10 Å². The molecular formula is C25H33N5O. The van der Waals surface area contributed by atoms with Gasteiger partial charge in [-0.3, -0.25) is 4.79 Å². The molecule has 1 amide bonds. The van der Waals surface area contributed by atoms with Gasteiger partial charge in [-0.15, -0.1) is 0 Å². The van der Waals surface area contributed by atoms with Crippen LogP contribution in [0.25, 0.3) is 5.95 Å². The van der Waals surface area contributed by atoms with Gasteiger partial charge in [-0.25, -0.2) is 14.6 Å². The average Bonchev–Trinajstić information content (AvgIpc) is 2.94. The van der Waals surface area contributed by atoms with Gasteiger partial charge in [0, 0.05) is 22.6 Å². The van der Waals surface area contributed by atoms with E-state index in [2.05, 4.69) is 53.3 Å². The number of hydrogen-bond acceptors (Lipinski definition) is 4. The number of nitrogens with zero attached hydrogens (tertiary/aromatic N) is 4. The maximum Gasteiger partial charge on any atom is 0.251 e. The molecule has 2 heterocycles. The summed E-state index contributed by atoms with van der Waals surface area (Å²) >= 11 is 0. The lowest BCUT2D eigenvalue weighted by Gasteiger charge is -2.27. The zero-order valence-electron chi connectivity index (χ0n) is 19.7. The number of carbonyl (C=O) groups is 1. The first kappa shape index (κ1) is 22.7. The Labute approximate surface area is 185 Å². The smallest absolute Gasteiger partial charge is 0.251 e. The van der Waals surface area contributed by atoms with E-state index in [0.717, 1.165) is 40.3 Å². The van der Waals surface area contributed by atoms with Gasteiger partial charge in [0.2, 0.25) is 5.91 Å². The molecule has 0 radical (unpaired) electrons. The molecule has 164 valence electrons. The molecule has 0 spiro atoms. The molecule has 0 saturated carbocycles. The Morgan fingerprint density at radius 1 is 1.03 bits per heavy atom. The van der Waals surface area contributed by atoms with Crippen LogP contribution in [-0.4, -0.2) is 25.7 Å². The van der Waals surface area contributed by atoms with Crippen molar-refractivity contribution < 1.29 is 4.79 Å². The van der Waals surface area contributed by atoms with Gasteiger partial charge in [-0.05, 0) is 51.2 Å². The van der Waals surface area contributed by atoms with Gasteiger partial charge < -0.3 is 5.32 Å². The predicted octanol–water partition coefficient (Wildman–Crippen LogP) is 4.73. The molecule has 3 aromatic rings. The molecular weight excluding hydrogens is 386 g/mol. The number of rotatable bonds is 6. The number of amides is 1. The highest BCUT2D eigenvalue weighted by Gasteiger charge is 2.24. The largest absolute Gasteiger partial charge is 0.349 e. The molecule has 6 nitrogen and oxygen atoms in total. The molecule has 0 bridgehead atoms. The van der Waals surface area contributed by atoms with Crippen molar-refractivity contribution >= 4 is 5.91 Å². The molecule has 6 heteroatoms. The molecule has 0 fully saturated rings. The summed E-state index contributed by atoms with van der Waals surface area (Å²) in [4.78, 5) is 22.1. The molecule has 31 heavy (non-hydrogen) atoms. The third-order valence-corrected chi connectivity index (χ3v) is 5.29. The third kappa shape index (κ3) is 5.78. The first-order valence-electron chi connectivity index (χ1n) is 10.8. The Morgan fingerprint density at radius 3 is 2.23 bits per heavy atom. The molecule has 0 aliphatic carbocycles. The van der Waals surface area contributed by atoms with E-state index >= 15 is 0 Å². The number of aromatic nitrogens is 4. The normalized spacial score (nSPS) is 12.6. The second-order valence-corrected chi connectivity index (χ2v) is 9.48. The van der Waals surface area contributed by atoms with E-state index in [1.54, 1.807) is 4.68 Å². The van der Waals surface area contributed by atoms with Crippen molar-refractivity contribution in [1.29, 1.82) is 0 Å². The Kier molecular flexibility index (Phi) is 6.58. The van der Waals surface area contributed by atoms with Crippen molar-refractivity contribution in [2.45, 2.75) is 67.3 Å². The van der Waals surface area contributed by atoms with Crippen LogP contribution in [0.4, 0.5) is 0 Å². The third-order valence-electron chi connectivity index (χ3n) is 5.29. The van der Waals surface area contributed by atoms with Crippen LogP contribution in [0.3, 0.4) is 0 Å². The monoisotopic (exact) mass is 419 g/mol. The summed E-state index contributed by atoms with van der Waals surface area (Å²) in [6, 6.07) is 12.1. The highest BCUT2D eigenvalue weighted by atomic mass is 16.1. The zero-order valence-corrected chi connectivity index (χ0v) is 19.7. The topological polar surface area (TPSA) is 72.7 Å². The summed E-state index contributed by atoms with van der Waals surface area (Å²) in [5.74, 6) is 0.532. The zero-order chi connectivity index (χ0) is 22.8. The fourth-order valence-electron chi connectivity index (χ4n) is 3.88. The van der Waals surface area contributed by atoms with E-state index < -0.39 is 0 Å². The van der Waals surface area contributed by atoms with Gasteiger partial charge in [0.15, 0.2) is 0 Å². The van der Waals surface area contributed by atoms with Gasteiger partial charge in [0.25, 0.3) is 5.95 Å². The standard InChI is InChI=1S/C25H33N5O/c1-16-13-17(2)27-24(26-16)30-19(4)21(18(3)29-30)14-23(31)28-22(15-25(5,6)7)20-11-9-8-10-12-20/h8-13,22H,14-15H2,1-7H3,(H,28,31). The summed E-state index contributed by atoms with van der Waals surface area (Å²) in [6.07, 6.45) is 1.13. The highest BCUT2D eigenvalue weighted by Crippen LogP contribution is 2.29. The minimum atomic E-state index is -0.0351. The number of hydrogen-bond donors (Lipinski definition) is 1. The van der Waals surface area contributed by atoms with Crippen LogP contribution in [0, 0.1) is 33.1 Å². The molecule has 3 rings (SSSR count). The van der Waals surface area contributed by atoms with Gasteiger partial charge in [-0.1, -0.05) is 51.1 Å². The lowest BCUT2D eigenvalue weighted by Crippen LogP contribution is -2.32. The SMILES string of the molecule is Cc1cc(C)nc(-n2nc(C)c(CC(=O)NC(CC(C)(C)C)c3ccccc3)c2C)n1. The van der Waals surface area contributed by atoms with Crippen molar-refractivity contribution in [2.24, 2.45) is 5.41 Å². The highest BCUT2D eigenvalue weighted by molar-refractivity contribution is 5.79. The van der Waals surface area contributed by atoms with Crippen molar-refractivity contribution in [3.63, 3.8) is 0 Å². The van der Waals surface area contributed by atoms with Crippen LogP contribution < -0.4 is 5.32 Å². The summed E-state index contributed by atoms with van der Waals surface area (Å²) in [6.45, 7) is 14.4. The second kappa shape index (κ2) is 9.00. The van der Waals surface area contributed by atoms with Crippen LogP contribution in [0.15, 0.2) is 36.4 Å². The van der Waals surface area contributed by atoms with Gasteiger partial charge in [0.05, 0.1) is 18.2 Å². The summed E-state index contributed by atoms with van der Waals surface area (Å²) < 4.78 is 1.74. The van der Waals surface area contributed by atoms with Crippen molar-refractivity contribution in [3.8, 4) is 5.95 Å². The Bertz CT molecular complexity index is 1040. The summed E-state index contributed by atoms with van der Waals surface area (Å²) in [7, 11) is 0. The Balaban J connectivity index is 1.83. The van der Waals surface area contributed by atoms with Crippen molar-refractivity contribution in [2.75, 3.05) is 0 Å². The first-order chi connectivity index (χ1) is 14.5. The summed E-state index contributed by atoms with van der Waals surface area (Å²) in [5.41, 5.74) is 5.63. The lowest BCUT2D eigenvalue weighted by molar-refractivity contribution is -0.121. The number of aryl methyl sites for hydroxylation is 3. The van der Waals surface area contributed by atoms with E-state index in [4.69, 9.17) is 0 Å². The molecule has 1 atom stereocenters. The molecule has 2 aromatic heterocycles. The van der Waals surface area contributed by atoms with Gasteiger partial charge >= 0.3 is 0 Å². The molecule has 0 aliphatic rings. The first-order valence-corrected chi connectivity index (χ1v) is 10.8. The molecule has 1 N–H and O–H groups in total. The van der Waals surface area contributed by atoms with Crippen LogP contribution in [0.2, 0.25) is 0 Å². The van der Waals surface area contributed by atoms with E-state index in [-0.39, 0.29) is 23.8 Å². The fourth-order valence-corrected chi connectivity index (χ4v) is 3.88. The van der Waals surface area contributed by atoms with E-state index in [9.17, 15) is 4.79 Å². The number of carbonyl (C=O) groups excluding carboxylic acids is 1. The minimum Gasteiger partial charge on any atom is -0.349 e. The molecule has 0 aliphatic heterocycles. The molecule has 1 unspecified atom stereocenters. The Hall–Kier alpha value is -3.02. The van der Waals surface area contributed by atoms with Gasteiger partial charge in [0.1, 0.15) is 0 Å². The number of benzene rings is 1. The summed E-state index contributed by atoms with van der Waals surface area (Å²) in [5, 5.41) is 7.88. The fraction of sp³-hybridized carbons (Fsp3) is 0.440. The van der Waals surface area contributed by atoms with Crippen molar-refractivity contribution in [1.82, 2.24) is 25.1 Å². The molecule has 0 saturated heterocycles. The van der Waals surface area contributed by atoms with Crippen molar-refractivity contribution in [3.05, 3.63) is 70.3 Å². The lowest BCUT2D eigenvalue weighted by atomic mass is 9.85. The molecule has 1 aromatic carbocycles. The van der Waals surface area contributed by atoms with Crippen LogP contribution in [0.1, 0.15) is 67.1 Å². The van der Waals surface area contributed by atoms with Crippen LogP contribution in [0.5, 0.6) is 0 Å². The number of nitrogens with one attached hydrogen (secondary N) is 1. The quantitative estimate of drug-likeness (QED) is 0.627. The average molecular weight is 420 g/mol. The van der Waals surface area contributed by atoms with E-state index in [1.807, 2.05) is 52.0 Å². The van der Waals surface area contributed by atoms with E-state index in [0.29, 0.717) is 5.95 Å². The maximum atomic E-state index is 13.1. The minimum absolute atomic E-state index is 0.00908. The maximum absolute atomic E-state index is 13.1.